The van der Waals surface area contributed by atoms with Crippen LogP contribution < -0.4 is 10.9 Å². The highest BCUT2D eigenvalue weighted by molar-refractivity contribution is 7.16. The Morgan fingerprint density at radius 1 is 1.25 bits per heavy atom. The van der Waals surface area contributed by atoms with Crippen LogP contribution in [0.1, 0.15) is 24.0 Å². The van der Waals surface area contributed by atoms with Crippen molar-refractivity contribution in [3.8, 4) is 0 Å². The van der Waals surface area contributed by atoms with Gasteiger partial charge in [-0.1, -0.05) is 6.07 Å². The van der Waals surface area contributed by atoms with Crippen molar-refractivity contribution >= 4 is 33.1 Å². The van der Waals surface area contributed by atoms with Gasteiger partial charge < -0.3 is 5.32 Å². The van der Waals surface area contributed by atoms with Crippen LogP contribution >= 0.6 is 11.3 Å². The van der Waals surface area contributed by atoms with E-state index < -0.39 is 0 Å². The number of thiophene rings is 1. The second-order valence-corrected chi connectivity index (χ2v) is 6.91. The smallest absolute Gasteiger partial charge is 0.262 e. The van der Waals surface area contributed by atoms with Crippen molar-refractivity contribution in [1.29, 1.82) is 0 Å². The summed E-state index contributed by atoms with van der Waals surface area (Å²) >= 11 is 1.44. The molecule has 1 aliphatic carbocycles. The topological polar surface area (TPSA) is 64.0 Å². The lowest BCUT2D eigenvalue weighted by Gasteiger charge is -2.08. The summed E-state index contributed by atoms with van der Waals surface area (Å²) in [6.45, 7) is 0.328. The Labute approximate surface area is 143 Å². The molecule has 0 radical (unpaired) electrons. The zero-order chi connectivity index (χ0) is 16.5. The highest BCUT2D eigenvalue weighted by Crippen LogP contribution is 2.24. The van der Waals surface area contributed by atoms with Crippen molar-refractivity contribution in [2.24, 2.45) is 0 Å². The van der Waals surface area contributed by atoms with E-state index in [2.05, 4.69) is 22.4 Å². The van der Waals surface area contributed by atoms with E-state index in [-0.39, 0.29) is 17.9 Å². The van der Waals surface area contributed by atoms with Crippen molar-refractivity contribution < 1.29 is 4.79 Å². The number of hydrogen-bond acceptors (Lipinski definition) is 4. The molecule has 2 aromatic heterocycles. The van der Waals surface area contributed by atoms with Gasteiger partial charge in [-0.15, -0.1) is 11.3 Å². The Morgan fingerprint density at radius 2 is 2.12 bits per heavy atom. The van der Waals surface area contributed by atoms with E-state index in [4.69, 9.17) is 0 Å². The Balaban J connectivity index is 1.42. The van der Waals surface area contributed by atoms with Crippen LogP contribution in [-0.4, -0.2) is 15.5 Å². The predicted octanol–water partition coefficient (Wildman–Crippen LogP) is 2.98. The number of aryl methyl sites for hydroxylation is 3. The van der Waals surface area contributed by atoms with Crippen LogP contribution in [0.15, 0.2) is 40.8 Å². The van der Waals surface area contributed by atoms with E-state index in [1.54, 1.807) is 6.07 Å². The maximum Gasteiger partial charge on any atom is 0.262 e. The Morgan fingerprint density at radius 3 is 3.04 bits per heavy atom. The fraction of sp³-hybridized carbons (Fsp3) is 0.278. The minimum absolute atomic E-state index is 0.0911. The SMILES string of the molecule is O=C(CCn1cnc2sccc2c1=O)Nc1ccc2c(c1)CCC2. The number of rotatable bonds is 4. The maximum absolute atomic E-state index is 12.3. The first kappa shape index (κ1) is 15.1. The molecule has 2 heterocycles. The molecule has 122 valence electrons. The lowest BCUT2D eigenvalue weighted by molar-refractivity contribution is -0.116. The van der Waals surface area contributed by atoms with Gasteiger partial charge in [-0.25, -0.2) is 4.98 Å². The molecular weight excluding hydrogens is 322 g/mol. The Hall–Kier alpha value is -2.47. The van der Waals surface area contributed by atoms with Gasteiger partial charge in [0.05, 0.1) is 11.7 Å². The molecule has 24 heavy (non-hydrogen) atoms. The van der Waals surface area contributed by atoms with Crippen LogP contribution in [-0.2, 0) is 24.2 Å². The van der Waals surface area contributed by atoms with Crippen LogP contribution in [0.3, 0.4) is 0 Å². The second-order valence-electron chi connectivity index (χ2n) is 6.02. The minimum Gasteiger partial charge on any atom is -0.326 e. The molecule has 6 heteroatoms. The summed E-state index contributed by atoms with van der Waals surface area (Å²) in [4.78, 5) is 29.4. The molecule has 1 aromatic carbocycles. The lowest BCUT2D eigenvalue weighted by Crippen LogP contribution is -2.23. The quantitative estimate of drug-likeness (QED) is 0.795. The molecule has 0 bridgehead atoms. The van der Waals surface area contributed by atoms with E-state index in [0.29, 0.717) is 11.9 Å². The van der Waals surface area contributed by atoms with Gasteiger partial charge in [0, 0.05) is 18.7 Å². The largest absolute Gasteiger partial charge is 0.326 e. The summed E-state index contributed by atoms with van der Waals surface area (Å²) in [5.41, 5.74) is 3.46. The van der Waals surface area contributed by atoms with Crippen molar-refractivity contribution in [3.63, 3.8) is 0 Å². The number of carbonyl (C=O) groups is 1. The molecule has 3 aromatic rings. The normalized spacial score (nSPS) is 13.2. The molecule has 5 nitrogen and oxygen atoms in total. The number of carbonyl (C=O) groups excluding carboxylic acids is 1. The molecule has 0 spiro atoms. The van der Waals surface area contributed by atoms with Gasteiger partial charge >= 0.3 is 0 Å². The number of aromatic nitrogens is 2. The van der Waals surface area contributed by atoms with Crippen molar-refractivity contribution in [3.05, 3.63) is 57.5 Å². The number of fused-ring (bicyclic) bond motifs is 2. The number of hydrogen-bond donors (Lipinski definition) is 1. The highest BCUT2D eigenvalue weighted by Gasteiger charge is 2.12. The van der Waals surface area contributed by atoms with Crippen molar-refractivity contribution in [2.75, 3.05) is 5.32 Å². The number of benzene rings is 1. The van der Waals surface area contributed by atoms with Crippen molar-refractivity contribution in [1.82, 2.24) is 9.55 Å². The predicted molar refractivity (Wildman–Crippen MR) is 95.6 cm³/mol. The molecule has 0 unspecified atom stereocenters. The summed E-state index contributed by atoms with van der Waals surface area (Å²) in [6, 6.07) is 7.88. The van der Waals surface area contributed by atoms with Gasteiger partial charge in [-0.2, -0.15) is 0 Å². The standard InChI is InChI=1S/C18H17N3O2S/c22-16(20-14-5-4-12-2-1-3-13(12)10-14)6-8-21-11-19-17-15(18(21)23)7-9-24-17/h4-5,7,9-11H,1-3,6,8H2,(H,20,22). The van der Waals surface area contributed by atoms with Crippen LogP contribution in [0.4, 0.5) is 5.69 Å². The molecule has 4 rings (SSSR count). The zero-order valence-corrected chi connectivity index (χ0v) is 13.9. The summed E-state index contributed by atoms with van der Waals surface area (Å²) in [5.74, 6) is -0.0923. The monoisotopic (exact) mass is 339 g/mol. The average Bonchev–Trinajstić information content (AvgIpc) is 3.23. The third-order valence-electron chi connectivity index (χ3n) is 4.41. The molecule has 0 fully saturated rings. The zero-order valence-electron chi connectivity index (χ0n) is 13.1. The van der Waals surface area contributed by atoms with Gasteiger partial charge in [0.25, 0.3) is 5.56 Å². The number of amides is 1. The van der Waals surface area contributed by atoms with Gasteiger partial charge in [-0.05, 0) is 54.0 Å². The fourth-order valence-electron chi connectivity index (χ4n) is 3.15. The average molecular weight is 339 g/mol. The molecule has 1 amide bonds. The molecule has 0 aliphatic heterocycles. The maximum atomic E-state index is 12.3. The molecule has 0 saturated heterocycles. The van der Waals surface area contributed by atoms with Crippen LogP contribution in [0.25, 0.3) is 10.2 Å². The summed E-state index contributed by atoms with van der Waals surface area (Å²) in [7, 11) is 0. The van der Waals surface area contributed by atoms with Crippen LogP contribution in [0.2, 0.25) is 0 Å². The molecule has 1 aliphatic rings. The highest BCUT2D eigenvalue weighted by atomic mass is 32.1. The second kappa shape index (κ2) is 6.20. The van der Waals surface area contributed by atoms with E-state index in [0.717, 1.165) is 23.4 Å². The first-order valence-corrected chi connectivity index (χ1v) is 8.93. The lowest BCUT2D eigenvalue weighted by atomic mass is 10.1. The third kappa shape index (κ3) is 2.85. The number of nitrogens with zero attached hydrogens (tertiary/aromatic N) is 2. The van der Waals surface area contributed by atoms with Gasteiger partial charge in [0.1, 0.15) is 4.83 Å². The summed E-state index contributed by atoms with van der Waals surface area (Å²) in [6.07, 6.45) is 5.16. The van der Waals surface area contributed by atoms with Gasteiger partial charge in [0.2, 0.25) is 5.91 Å². The first-order valence-electron chi connectivity index (χ1n) is 8.05. The molecular formula is C18H17N3O2S. The third-order valence-corrected chi connectivity index (χ3v) is 5.23. The van der Waals surface area contributed by atoms with Crippen molar-refractivity contribution in [2.45, 2.75) is 32.2 Å². The van der Waals surface area contributed by atoms with Crippen LogP contribution in [0, 0.1) is 0 Å². The number of anilines is 1. The molecule has 0 saturated carbocycles. The first-order chi connectivity index (χ1) is 11.7. The minimum atomic E-state index is -0.0923. The van der Waals surface area contributed by atoms with E-state index >= 15 is 0 Å². The Kier molecular flexibility index (Phi) is 3.90. The van der Waals surface area contributed by atoms with Gasteiger partial charge in [-0.3, -0.25) is 14.2 Å². The molecule has 0 atom stereocenters. The summed E-state index contributed by atoms with van der Waals surface area (Å²) in [5, 5.41) is 5.38. The fourth-order valence-corrected chi connectivity index (χ4v) is 3.87. The molecule has 1 N–H and O–H groups in total. The van der Waals surface area contributed by atoms with E-state index in [9.17, 15) is 9.59 Å². The summed E-state index contributed by atoms with van der Waals surface area (Å²) < 4.78 is 1.50. The van der Waals surface area contributed by atoms with Gasteiger partial charge in [0.15, 0.2) is 0 Å². The van der Waals surface area contributed by atoms with E-state index in [1.165, 1.54) is 39.8 Å². The Bertz CT molecular complexity index is 974. The number of nitrogens with one attached hydrogen (secondary N) is 1. The van der Waals surface area contributed by atoms with E-state index in [1.807, 2.05) is 11.4 Å². The van der Waals surface area contributed by atoms with Crippen LogP contribution in [0.5, 0.6) is 0 Å².